The zero-order chi connectivity index (χ0) is 10.8. The van der Waals surface area contributed by atoms with Crippen molar-refractivity contribution < 1.29 is 0 Å². The Bertz CT molecular complexity index is 288. The smallest absolute Gasteiger partial charge is 0.0387 e. The Morgan fingerprint density at radius 3 is 2.57 bits per heavy atom. The molecule has 1 unspecified atom stereocenters. The molecule has 1 atom stereocenters. The zero-order valence-corrected chi connectivity index (χ0v) is 12.0. The molecule has 0 aliphatic carbocycles. The lowest BCUT2D eigenvalue weighted by Gasteiger charge is -2.24. The summed E-state index contributed by atoms with van der Waals surface area (Å²) in [6, 6.07) is 2.18. The fourth-order valence-corrected chi connectivity index (χ4v) is 2.77. The van der Waals surface area contributed by atoms with Gasteiger partial charge in [-0.3, -0.25) is 0 Å². The van der Waals surface area contributed by atoms with Crippen LogP contribution in [-0.4, -0.2) is 5.38 Å². The molecule has 0 aliphatic rings. The third-order valence-corrected chi connectivity index (χ3v) is 4.84. The quantitative estimate of drug-likeness (QED) is 0.681. The Labute approximate surface area is 104 Å². The van der Waals surface area contributed by atoms with Gasteiger partial charge in [0.05, 0.1) is 0 Å². The van der Waals surface area contributed by atoms with Crippen LogP contribution in [0.4, 0.5) is 0 Å². The van der Waals surface area contributed by atoms with E-state index in [0.29, 0.717) is 0 Å². The van der Waals surface area contributed by atoms with E-state index < -0.39 is 0 Å². The molecule has 1 rings (SSSR count). The summed E-state index contributed by atoms with van der Waals surface area (Å²) in [6.45, 7) is 6.57. The third kappa shape index (κ3) is 3.92. The lowest BCUT2D eigenvalue weighted by atomic mass is 9.89. The van der Waals surface area contributed by atoms with Crippen molar-refractivity contribution in [2.75, 3.05) is 0 Å². The van der Waals surface area contributed by atoms with Crippen LogP contribution in [-0.2, 0) is 6.42 Å². The van der Waals surface area contributed by atoms with E-state index in [9.17, 15) is 0 Å². The first kappa shape index (κ1) is 12.5. The van der Waals surface area contributed by atoms with E-state index in [1.54, 1.807) is 11.3 Å². The van der Waals surface area contributed by atoms with E-state index in [2.05, 4.69) is 48.1 Å². The molecular formula is C11H16BrClS. The van der Waals surface area contributed by atoms with Crippen LogP contribution in [0.25, 0.3) is 0 Å². The second-order valence-corrected chi connectivity index (χ2v) is 7.04. The molecule has 3 heteroatoms. The minimum Gasteiger partial charge on any atom is -0.148 e. The molecular weight excluding hydrogens is 280 g/mol. The summed E-state index contributed by atoms with van der Waals surface area (Å²) in [6.07, 6.45) is 2.14. The second kappa shape index (κ2) is 5.00. The second-order valence-electron chi connectivity index (χ2n) is 4.60. The van der Waals surface area contributed by atoms with Crippen molar-refractivity contribution in [3.8, 4) is 0 Å². The summed E-state index contributed by atoms with van der Waals surface area (Å²) >= 11 is 11.6. The molecule has 0 bridgehead atoms. The Morgan fingerprint density at radius 2 is 2.14 bits per heavy atom. The van der Waals surface area contributed by atoms with E-state index in [4.69, 9.17) is 11.6 Å². The first-order valence-electron chi connectivity index (χ1n) is 4.76. The summed E-state index contributed by atoms with van der Waals surface area (Å²) in [5.74, 6) is 0. The number of rotatable bonds is 3. The molecule has 14 heavy (non-hydrogen) atoms. The number of thiophene rings is 1. The van der Waals surface area contributed by atoms with Gasteiger partial charge >= 0.3 is 0 Å². The van der Waals surface area contributed by atoms with Gasteiger partial charge in [0.25, 0.3) is 0 Å². The maximum absolute atomic E-state index is 6.31. The van der Waals surface area contributed by atoms with Gasteiger partial charge in [-0.1, -0.05) is 20.8 Å². The van der Waals surface area contributed by atoms with Crippen molar-refractivity contribution in [1.82, 2.24) is 0 Å². The van der Waals surface area contributed by atoms with Gasteiger partial charge in [-0.2, -0.15) is 0 Å². The highest BCUT2D eigenvalue weighted by molar-refractivity contribution is 9.10. The van der Waals surface area contributed by atoms with Gasteiger partial charge < -0.3 is 0 Å². The maximum Gasteiger partial charge on any atom is 0.0387 e. The summed E-state index contributed by atoms with van der Waals surface area (Å²) in [5.41, 5.74) is 0.204. The normalized spacial score (nSPS) is 14.4. The molecule has 0 aliphatic heterocycles. The number of hydrogen-bond acceptors (Lipinski definition) is 1. The molecule has 0 fully saturated rings. The van der Waals surface area contributed by atoms with Gasteiger partial charge in [0, 0.05) is 20.1 Å². The molecule has 0 aromatic carbocycles. The first-order chi connectivity index (χ1) is 6.39. The lowest BCUT2D eigenvalue weighted by Crippen LogP contribution is -2.21. The van der Waals surface area contributed by atoms with E-state index in [0.717, 1.165) is 12.8 Å². The highest BCUT2D eigenvalue weighted by Gasteiger charge is 2.21. The summed E-state index contributed by atoms with van der Waals surface area (Å²) < 4.78 is 1.18. The highest BCUT2D eigenvalue weighted by Crippen LogP contribution is 2.29. The minimum absolute atomic E-state index is 0.204. The average molecular weight is 296 g/mol. The van der Waals surface area contributed by atoms with Gasteiger partial charge in [0.2, 0.25) is 0 Å². The van der Waals surface area contributed by atoms with Crippen molar-refractivity contribution in [1.29, 1.82) is 0 Å². The van der Waals surface area contributed by atoms with Crippen molar-refractivity contribution in [3.63, 3.8) is 0 Å². The van der Waals surface area contributed by atoms with Crippen molar-refractivity contribution in [2.24, 2.45) is 5.41 Å². The number of aryl methyl sites for hydroxylation is 1. The Morgan fingerprint density at radius 1 is 1.50 bits per heavy atom. The SMILES string of the molecule is CC(C)(C)C(Cl)CCc1cc(Br)cs1. The summed E-state index contributed by atoms with van der Waals surface area (Å²) in [5, 5.41) is 2.37. The van der Waals surface area contributed by atoms with E-state index in [1.807, 2.05) is 0 Å². The molecule has 0 saturated heterocycles. The van der Waals surface area contributed by atoms with Crippen LogP contribution >= 0.6 is 38.9 Å². The average Bonchev–Trinajstić information content (AvgIpc) is 2.45. The molecule has 0 saturated carbocycles. The van der Waals surface area contributed by atoms with Gasteiger partial charge in [-0.05, 0) is 40.3 Å². The predicted octanol–water partition coefficient (Wildman–Crippen LogP) is 5.10. The standard InChI is InChI=1S/C11H16BrClS/c1-11(2,3)10(13)5-4-9-6-8(12)7-14-9/h6-7,10H,4-5H2,1-3H3. The number of alkyl halides is 1. The maximum atomic E-state index is 6.31. The van der Waals surface area contributed by atoms with Crippen LogP contribution < -0.4 is 0 Å². The Balaban J connectivity index is 2.41. The number of halogens is 2. The predicted molar refractivity (Wildman–Crippen MR) is 69.4 cm³/mol. The van der Waals surface area contributed by atoms with Gasteiger partial charge in [-0.15, -0.1) is 22.9 Å². The number of hydrogen-bond donors (Lipinski definition) is 0. The molecule has 1 heterocycles. The van der Waals surface area contributed by atoms with Gasteiger partial charge in [0.1, 0.15) is 0 Å². The largest absolute Gasteiger partial charge is 0.148 e. The molecule has 0 nitrogen and oxygen atoms in total. The molecule has 1 aromatic rings. The summed E-state index contributed by atoms with van der Waals surface area (Å²) in [4.78, 5) is 1.41. The Hall–Kier alpha value is 0.470. The van der Waals surface area contributed by atoms with E-state index in [-0.39, 0.29) is 10.8 Å². The van der Waals surface area contributed by atoms with Gasteiger partial charge in [-0.25, -0.2) is 0 Å². The summed E-state index contributed by atoms with van der Waals surface area (Å²) in [7, 11) is 0. The van der Waals surface area contributed by atoms with E-state index in [1.165, 1.54) is 9.35 Å². The minimum atomic E-state index is 0.204. The topological polar surface area (TPSA) is 0 Å². The van der Waals surface area contributed by atoms with Crippen LogP contribution in [0.5, 0.6) is 0 Å². The van der Waals surface area contributed by atoms with E-state index >= 15 is 0 Å². The van der Waals surface area contributed by atoms with Crippen LogP contribution in [0.3, 0.4) is 0 Å². The lowest BCUT2D eigenvalue weighted by molar-refractivity contribution is 0.374. The molecule has 0 amide bonds. The molecule has 80 valence electrons. The van der Waals surface area contributed by atoms with Crippen LogP contribution in [0.15, 0.2) is 15.9 Å². The van der Waals surface area contributed by atoms with Gasteiger partial charge in [0.15, 0.2) is 0 Å². The molecule has 1 aromatic heterocycles. The van der Waals surface area contributed by atoms with Crippen molar-refractivity contribution in [2.45, 2.75) is 39.0 Å². The molecule has 0 N–H and O–H groups in total. The van der Waals surface area contributed by atoms with Crippen LogP contribution in [0, 0.1) is 5.41 Å². The zero-order valence-electron chi connectivity index (χ0n) is 8.81. The van der Waals surface area contributed by atoms with Crippen molar-refractivity contribution >= 4 is 38.9 Å². The highest BCUT2D eigenvalue weighted by atomic mass is 79.9. The van der Waals surface area contributed by atoms with Crippen LogP contribution in [0.2, 0.25) is 0 Å². The molecule has 0 spiro atoms. The third-order valence-electron chi connectivity index (χ3n) is 2.21. The first-order valence-corrected chi connectivity index (χ1v) is 6.87. The molecule has 0 radical (unpaired) electrons. The fraction of sp³-hybridized carbons (Fsp3) is 0.636. The monoisotopic (exact) mass is 294 g/mol. The Kier molecular flexibility index (Phi) is 4.48. The van der Waals surface area contributed by atoms with Crippen LogP contribution in [0.1, 0.15) is 32.1 Å². The van der Waals surface area contributed by atoms with Crippen molar-refractivity contribution in [3.05, 3.63) is 20.8 Å². The fourth-order valence-electron chi connectivity index (χ4n) is 1.19.